The Hall–Kier alpha value is -2.50. The summed E-state index contributed by atoms with van der Waals surface area (Å²) in [6.07, 6.45) is 3.68. The Kier molecular flexibility index (Phi) is 5.79. The zero-order valence-electron chi connectivity index (χ0n) is 15.8. The molecule has 11 heteroatoms. The van der Waals surface area contributed by atoms with Crippen LogP contribution in [0.15, 0.2) is 30.9 Å². The van der Waals surface area contributed by atoms with Crippen molar-refractivity contribution in [3.8, 4) is 5.69 Å². The van der Waals surface area contributed by atoms with E-state index < -0.39 is 4.92 Å². The predicted octanol–water partition coefficient (Wildman–Crippen LogP) is 1.11. The van der Waals surface area contributed by atoms with Gasteiger partial charge in [-0.05, 0) is 24.3 Å². The summed E-state index contributed by atoms with van der Waals surface area (Å²) in [6.45, 7) is 3.63. The number of hydrogen-bond donors (Lipinski definition) is 1. The summed E-state index contributed by atoms with van der Waals surface area (Å²) < 4.78 is 6.77. The summed E-state index contributed by atoms with van der Waals surface area (Å²) in [4.78, 5) is 30.0. The average Bonchev–Trinajstić information content (AvgIpc) is 3.45. The average molecular weight is 418 g/mol. The van der Waals surface area contributed by atoms with Crippen LogP contribution in [0.4, 0.5) is 5.69 Å². The third-order valence-corrected chi connectivity index (χ3v) is 6.68. The molecule has 2 aromatic rings. The van der Waals surface area contributed by atoms with Crippen molar-refractivity contribution in [3.05, 3.63) is 46.5 Å². The smallest absolute Gasteiger partial charge is 0.295 e. The summed E-state index contributed by atoms with van der Waals surface area (Å²) in [5.41, 5.74) is 0.239. The highest BCUT2D eigenvalue weighted by molar-refractivity contribution is 7.99. The van der Waals surface area contributed by atoms with Gasteiger partial charge in [-0.2, -0.15) is 16.9 Å². The van der Waals surface area contributed by atoms with E-state index >= 15 is 0 Å². The van der Waals surface area contributed by atoms with Crippen LogP contribution in [0.1, 0.15) is 16.8 Å². The van der Waals surface area contributed by atoms with Crippen molar-refractivity contribution >= 4 is 23.4 Å². The van der Waals surface area contributed by atoms with Crippen LogP contribution in [0, 0.1) is 10.1 Å². The Labute approximate surface area is 171 Å². The number of nitro benzene ring substituents is 1. The van der Waals surface area contributed by atoms with Crippen LogP contribution < -0.4 is 5.32 Å². The minimum atomic E-state index is -0.517. The van der Waals surface area contributed by atoms with Gasteiger partial charge < -0.3 is 10.1 Å². The highest BCUT2D eigenvalue weighted by Crippen LogP contribution is 2.33. The molecule has 1 aromatic carbocycles. The van der Waals surface area contributed by atoms with E-state index in [9.17, 15) is 14.9 Å². The number of nitrogens with zero attached hydrogens (tertiary/aromatic N) is 5. The molecule has 1 N–H and O–H groups in total. The van der Waals surface area contributed by atoms with Crippen molar-refractivity contribution in [2.24, 2.45) is 0 Å². The number of nitro groups is 1. The number of hydrogen-bond acceptors (Lipinski definition) is 8. The third kappa shape index (κ3) is 4.11. The molecular formula is C18H22N6O4S. The molecule has 0 radical (unpaired) electrons. The summed E-state index contributed by atoms with van der Waals surface area (Å²) in [5.74, 6) is 1.70. The Bertz CT molecular complexity index is 878. The molecule has 29 heavy (non-hydrogen) atoms. The van der Waals surface area contributed by atoms with E-state index in [2.05, 4.69) is 20.3 Å². The van der Waals surface area contributed by atoms with Crippen LogP contribution in [0.25, 0.3) is 5.69 Å². The fourth-order valence-electron chi connectivity index (χ4n) is 3.82. The highest BCUT2D eigenvalue weighted by atomic mass is 32.2. The Morgan fingerprint density at radius 2 is 2.21 bits per heavy atom. The largest absolute Gasteiger partial charge is 0.379 e. The van der Waals surface area contributed by atoms with Crippen molar-refractivity contribution in [2.75, 3.05) is 44.4 Å². The summed E-state index contributed by atoms with van der Waals surface area (Å²) in [5, 5.41) is 18.5. The Morgan fingerprint density at radius 3 is 2.86 bits per heavy atom. The van der Waals surface area contributed by atoms with Crippen molar-refractivity contribution < 1.29 is 14.5 Å². The molecule has 0 spiro atoms. The second-order valence-electron chi connectivity index (χ2n) is 7.11. The lowest BCUT2D eigenvalue weighted by Gasteiger charge is -2.43. The molecule has 2 aliphatic heterocycles. The van der Waals surface area contributed by atoms with Gasteiger partial charge in [-0.25, -0.2) is 9.67 Å². The van der Waals surface area contributed by atoms with Crippen LogP contribution in [-0.2, 0) is 4.74 Å². The number of rotatable bonds is 6. The summed E-state index contributed by atoms with van der Waals surface area (Å²) in [6, 6.07) is 4.38. The lowest BCUT2D eigenvalue weighted by atomic mass is 9.95. The van der Waals surface area contributed by atoms with E-state index in [1.807, 2.05) is 11.8 Å². The van der Waals surface area contributed by atoms with E-state index in [-0.39, 0.29) is 28.4 Å². The van der Waals surface area contributed by atoms with E-state index in [0.29, 0.717) is 19.8 Å². The highest BCUT2D eigenvalue weighted by Gasteiger charge is 2.41. The van der Waals surface area contributed by atoms with Gasteiger partial charge in [-0.15, -0.1) is 0 Å². The minimum Gasteiger partial charge on any atom is -0.379 e. The molecule has 0 bridgehead atoms. The number of thioether (sulfide) groups is 1. The fourth-order valence-corrected chi connectivity index (χ4v) is 5.30. The third-order valence-electron chi connectivity index (χ3n) is 5.44. The minimum absolute atomic E-state index is 0.0866. The van der Waals surface area contributed by atoms with Crippen LogP contribution >= 0.6 is 11.8 Å². The second-order valence-corrected chi connectivity index (χ2v) is 8.21. The van der Waals surface area contributed by atoms with Crippen LogP contribution in [-0.4, -0.2) is 80.4 Å². The Morgan fingerprint density at radius 1 is 1.38 bits per heavy atom. The SMILES string of the molecule is O=C(NCC1(N2CCOCC2)CCSC1)c1ccc(-n2cncn2)c([N+](=O)[O-])c1. The summed E-state index contributed by atoms with van der Waals surface area (Å²) in [7, 11) is 0. The molecule has 2 saturated heterocycles. The summed E-state index contributed by atoms with van der Waals surface area (Å²) >= 11 is 1.89. The van der Waals surface area contributed by atoms with Gasteiger partial charge in [-0.3, -0.25) is 19.8 Å². The van der Waals surface area contributed by atoms with E-state index in [1.165, 1.54) is 29.5 Å². The number of morpholine rings is 1. The zero-order valence-corrected chi connectivity index (χ0v) is 16.6. The lowest BCUT2D eigenvalue weighted by molar-refractivity contribution is -0.384. The molecular weight excluding hydrogens is 396 g/mol. The first kappa shape index (κ1) is 19.8. The molecule has 4 rings (SSSR count). The van der Waals surface area contributed by atoms with Gasteiger partial charge in [0.25, 0.3) is 11.6 Å². The molecule has 1 aromatic heterocycles. The number of nitrogens with one attached hydrogen (secondary N) is 1. The van der Waals surface area contributed by atoms with Gasteiger partial charge >= 0.3 is 0 Å². The molecule has 3 heterocycles. The molecule has 154 valence electrons. The van der Waals surface area contributed by atoms with Gasteiger partial charge in [0.05, 0.1) is 18.1 Å². The number of aromatic nitrogens is 3. The van der Waals surface area contributed by atoms with Crippen LogP contribution in [0.5, 0.6) is 0 Å². The molecule has 10 nitrogen and oxygen atoms in total. The first-order valence-electron chi connectivity index (χ1n) is 9.41. The van der Waals surface area contributed by atoms with Crippen LogP contribution in [0.2, 0.25) is 0 Å². The van der Waals surface area contributed by atoms with E-state index in [4.69, 9.17) is 4.74 Å². The molecule has 1 atom stereocenters. The zero-order chi connectivity index (χ0) is 20.3. The lowest BCUT2D eigenvalue weighted by Crippen LogP contribution is -2.59. The van der Waals surface area contributed by atoms with Crippen molar-refractivity contribution in [3.63, 3.8) is 0 Å². The topological polar surface area (TPSA) is 115 Å². The molecule has 2 fully saturated rings. The number of carbonyl (C=O) groups excluding carboxylic acids is 1. The number of amides is 1. The van der Waals surface area contributed by atoms with Gasteiger partial charge in [0, 0.05) is 42.6 Å². The van der Waals surface area contributed by atoms with E-state index in [0.717, 1.165) is 31.0 Å². The molecule has 0 aliphatic carbocycles. The normalized spacial score (nSPS) is 22.5. The fraction of sp³-hybridized carbons (Fsp3) is 0.500. The van der Waals surface area contributed by atoms with Crippen LogP contribution in [0.3, 0.4) is 0 Å². The monoisotopic (exact) mass is 418 g/mol. The van der Waals surface area contributed by atoms with Crippen molar-refractivity contribution in [1.82, 2.24) is 25.0 Å². The van der Waals surface area contributed by atoms with E-state index in [1.54, 1.807) is 6.07 Å². The van der Waals surface area contributed by atoms with Gasteiger partial charge in [0.15, 0.2) is 0 Å². The van der Waals surface area contributed by atoms with Crippen molar-refractivity contribution in [2.45, 2.75) is 12.0 Å². The second kappa shape index (κ2) is 8.47. The molecule has 1 amide bonds. The first-order chi connectivity index (χ1) is 14.1. The number of carbonyl (C=O) groups is 1. The predicted molar refractivity (Wildman–Crippen MR) is 107 cm³/mol. The van der Waals surface area contributed by atoms with Gasteiger partial charge in [0.2, 0.25) is 0 Å². The quantitative estimate of drug-likeness (QED) is 0.548. The first-order valence-corrected chi connectivity index (χ1v) is 10.6. The molecule has 0 saturated carbocycles. The maximum atomic E-state index is 12.8. The standard InChI is InChI=1S/C18H22N6O4S/c25-17(20-10-18(3-8-29-11-18)22-4-6-28-7-5-22)14-1-2-15(16(9-14)24(26)27)23-13-19-12-21-23/h1-2,9,12-13H,3-8,10-11H2,(H,20,25). The van der Waals surface area contributed by atoms with Crippen molar-refractivity contribution in [1.29, 1.82) is 0 Å². The molecule has 2 aliphatic rings. The van der Waals surface area contributed by atoms with Gasteiger partial charge in [-0.1, -0.05) is 0 Å². The van der Waals surface area contributed by atoms with Gasteiger partial charge in [0.1, 0.15) is 18.3 Å². The Balaban J connectivity index is 1.50. The number of benzene rings is 1. The maximum Gasteiger partial charge on any atom is 0.295 e. The molecule has 1 unspecified atom stereocenters. The number of ether oxygens (including phenoxy) is 1. The maximum absolute atomic E-state index is 12.8.